The molecule has 5 nitrogen and oxygen atoms in total. The van der Waals surface area contributed by atoms with Gasteiger partial charge in [-0.05, 0) is 43.4 Å². The average molecular weight is 322 g/mol. The molecule has 0 aliphatic heterocycles. The molecule has 0 radical (unpaired) electrons. The maximum Gasteiger partial charge on any atom is 0.313 e. The minimum absolute atomic E-state index is 0.0547. The van der Waals surface area contributed by atoms with Gasteiger partial charge in [-0.25, -0.2) is 4.39 Å². The number of aryl methyl sites for hydroxylation is 1. The summed E-state index contributed by atoms with van der Waals surface area (Å²) in [6.07, 6.45) is 4.64. The highest BCUT2D eigenvalue weighted by molar-refractivity contribution is 6.39. The van der Waals surface area contributed by atoms with E-state index < -0.39 is 23.7 Å². The zero-order valence-corrected chi connectivity index (χ0v) is 13.3. The molecule has 2 rings (SSSR count). The largest absolute Gasteiger partial charge is 0.391 e. The Hall–Kier alpha value is -1.95. The van der Waals surface area contributed by atoms with Crippen molar-refractivity contribution in [3.63, 3.8) is 0 Å². The number of amides is 2. The number of nitrogens with one attached hydrogen (secondary N) is 2. The lowest BCUT2D eigenvalue weighted by Gasteiger charge is -2.26. The van der Waals surface area contributed by atoms with Gasteiger partial charge in [-0.2, -0.15) is 0 Å². The molecule has 23 heavy (non-hydrogen) atoms. The number of aliphatic hydroxyl groups excluding tert-OH is 1. The van der Waals surface area contributed by atoms with Crippen molar-refractivity contribution in [2.75, 3.05) is 11.9 Å². The summed E-state index contributed by atoms with van der Waals surface area (Å²) in [5.41, 5.74) is 0.684. The first-order chi connectivity index (χ1) is 11.0. The average Bonchev–Trinajstić information content (AvgIpc) is 2.56. The Bertz CT molecular complexity index is 571. The van der Waals surface area contributed by atoms with Crippen LogP contribution in [0.4, 0.5) is 10.1 Å². The molecule has 1 atom stereocenters. The fraction of sp³-hybridized carbons (Fsp3) is 0.529. The van der Waals surface area contributed by atoms with Gasteiger partial charge in [-0.15, -0.1) is 0 Å². The summed E-state index contributed by atoms with van der Waals surface area (Å²) in [7, 11) is 0. The maximum atomic E-state index is 13.4. The maximum absolute atomic E-state index is 13.4. The standard InChI is InChI=1S/C17H23FN2O3/c1-11-7-8-13(9-14(11)18)20-17(23)16(22)19-10-15(21)12-5-3-2-4-6-12/h7-9,12,15,21H,2-6,10H2,1H3,(H,19,22)(H,20,23). The summed E-state index contributed by atoms with van der Waals surface area (Å²) >= 11 is 0. The van der Waals surface area contributed by atoms with E-state index in [1.165, 1.54) is 18.6 Å². The van der Waals surface area contributed by atoms with Crippen LogP contribution in [-0.4, -0.2) is 29.6 Å². The Morgan fingerprint density at radius 2 is 1.96 bits per heavy atom. The molecule has 1 unspecified atom stereocenters. The number of carbonyl (C=O) groups is 2. The second kappa shape index (κ2) is 8.06. The number of carbonyl (C=O) groups excluding carboxylic acids is 2. The van der Waals surface area contributed by atoms with Crippen LogP contribution in [0, 0.1) is 18.7 Å². The van der Waals surface area contributed by atoms with Crippen molar-refractivity contribution in [3.05, 3.63) is 29.6 Å². The number of hydrogen-bond donors (Lipinski definition) is 3. The first kappa shape index (κ1) is 17.4. The molecular weight excluding hydrogens is 299 g/mol. The van der Waals surface area contributed by atoms with Crippen molar-refractivity contribution in [2.24, 2.45) is 5.92 Å². The monoisotopic (exact) mass is 322 g/mol. The zero-order chi connectivity index (χ0) is 16.8. The lowest BCUT2D eigenvalue weighted by Crippen LogP contribution is -2.42. The quantitative estimate of drug-likeness (QED) is 0.743. The van der Waals surface area contributed by atoms with Crippen LogP contribution in [0.15, 0.2) is 18.2 Å². The Kier molecular flexibility index (Phi) is 6.10. The van der Waals surface area contributed by atoms with E-state index in [2.05, 4.69) is 10.6 Å². The van der Waals surface area contributed by atoms with Crippen molar-refractivity contribution in [1.82, 2.24) is 5.32 Å². The number of halogens is 1. The van der Waals surface area contributed by atoms with Crippen molar-refractivity contribution in [2.45, 2.75) is 45.1 Å². The Labute approximate surface area is 135 Å². The molecule has 2 amide bonds. The van der Waals surface area contributed by atoms with Crippen LogP contribution < -0.4 is 10.6 Å². The van der Waals surface area contributed by atoms with Gasteiger partial charge in [0.05, 0.1) is 6.10 Å². The van der Waals surface area contributed by atoms with Gasteiger partial charge >= 0.3 is 11.8 Å². The van der Waals surface area contributed by atoms with Crippen LogP contribution >= 0.6 is 0 Å². The van der Waals surface area contributed by atoms with Crippen molar-refractivity contribution in [3.8, 4) is 0 Å². The topological polar surface area (TPSA) is 78.4 Å². The smallest absolute Gasteiger partial charge is 0.313 e. The molecule has 1 aliphatic carbocycles. The Morgan fingerprint density at radius 1 is 1.26 bits per heavy atom. The van der Waals surface area contributed by atoms with E-state index in [4.69, 9.17) is 0 Å². The summed E-state index contributed by atoms with van der Waals surface area (Å²) in [5.74, 6) is -1.97. The summed E-state index contributed by atoms with van der Waals surface area (Å²) in [6, 6.07) is 4.22. The predicted molar refractivity (Wildman–Crippen MR) is 85.4 cm³/mol. The van der Waals surface area contributed by atoms with Gasteiger partial charge in [0.25, 0.3) is 0 Å². The van der Waals surface area contributed by atoms with Crippen LogP contribution in [-0.2, 0) is 9.59 Å². The van der Waals surface area contributed by atoms with Crippen LogP contribution in [0.3, 0.4) is 0 Å². The minimum Gasteiger partial charge on any atom is -0.391 e. The Balaban J connectivity index is 1.80. The van der Waals surface area contributed by atoms with E-state index >= 15 is 0 Å². The molecule has 0 spiro atoms. The molecule has 0 bridgehead atoms. The molecule has 1 aromatic carbocycles. The van der Waals surface area contributed by atoms with E-state index in [-0.39, 0.29) is 18.2 Å². The molecule has 1 aliphatic rings. The molecule has 1 aromatic rings. The van der Waals surface area contributed by atoms with E-state index in [9.17, 15) is 19.1 Å². The van der Waals surface area contributed by atoms with Gasteiger partial charge in [-0.3, -0.25) is 9.59 Å². The van der Waals surface area contributed by atoms with Gasteiger partial charge in [-0.1, -0.05) is 25.3 Å². The highest BCUT2D eigenvalue weighted by Crippen LogP contribution is 2.26. The fourth-order valence-electron chi connectivity index (χ4n) is 2.82. The highest BCUT2D eigenvalue weighted by Gasteiger charge is 2.23. The van der Waals surface area contributed by atoms with E-state index in [0.29, 0.717) is 5.56 Å². The molecule has 0 saturated heterocycles. The summed E-state index contributed by atoms with van der Waals surface area (Å²) in [6.45, 7) is 1.67. The SMILES string of the molecule is Cc1ccc(NC(=O)C(=O)NCC(O)C2CCCCC2)cc1F. The summed E-state index contributed by atoms with van der Waals surface area (Å²) in [4.78, 5) is 23.5. The summed E-state index contributed by atoms with van der Waals surface area (Å²) in [5, 5.41) is 14.8. The van der Waals surface area contributed by atoms with E-state index in [1.807, 2.05) is 0 Å². The normalized spacial score (nSPS) is 16.7. The third kappa shape index (κ3) is 5.03. The van der Waals surface area contributed by atoms with Crippen LogP contribution in [0.1, 0.15) is 37.7 Å². The first-order valence-corrected chi connectivity index (χ1v) is 8.01. The first-order valence-electron chi connectivity index (χ1n) is 8.01. The van der Waals surface area contributed by atoms with Crippen LogP contribution in [0.25, 0.3) is 0 Å². The predicted octanol–water partition coefficient (Wildman–Crippen LogP) is 2.13. The number of rotatable bonds is 4. The molecule has 126 valence electrons. The van der Waals surface area contributed by atoms with Crippen LogP contribution in [0.2, 0.25) is 0 Å². The second-order valence-electron chi connectivity index (χ2n) is 6.09. The number of hydrogen-bond acceptors (Lipinski definition) is 3. The van der Waals surface area contributed by atoms with Gasteiger partial charge in [0, 0.05) is 12.2 Å². The van der Waals surface area contributed by atoms with Crippen molar-refractivity contribution < 1.29 is 19.1 Å². The van der Waals surface area contributed by atoms with E-state index in [0.717, 1.165) is 31.7 Å². The summed E-state index contributed by atoms with van der Waals surface area (Å²) < 4.78 is 13.4. The van der Waals surface area contributed by atoms with Crippen LogP contribution in [0.5, 0.6) is 0 Å². The highest BCUT2D eigenvalue weighted by atomic mass is 19.1. The third-order valence-electron chi connectivity index (χ3n) is 4.30. The lowest BCUT2D eigenvalue weighted by atomic mass is 9.85. The fourth-order valence-corrected chi connectivity index (χ4v) is 2.82. The van der Waals surface area contributed by atoms with Gasteiger partial charge in [0.2, 0.25) is 0 Å². The third-order valence-corrected chi connectivity index (χ3v) is 4.30. The number of benzene rings is 1. The van der Waals surface area contributed by atoms with Gasteiger partial charge < -0.3 is 15.7 Å². The lowest BCUT2D eigenvalue weighted by molar-refractivity contribution is -0.136. The second-order valence-corrected chi connectivity index (χ2v) is 6.09. The molecule has 3 N–H and O–H groups in total. The minimum atomic E-state index is -0.871. The molecule has 0 aromatic heterocycles. The number of aliphatic hydroxyl groups is 1. The van der Waals surface area contributed by atoms with E-state index in [1.54, 1.807) is 6.92 Å². The molecule has 0 heterocycles. The molecule has 1 saturated carbocycles. The van der Waals surface area contributed by atoms with Crippen molar-refractivity contribution in [1.29, 1.82) is 0 Å². The molecule has 1 fully saturated rings. The Morgan fingerprint density at radius 3 is 2.61 bits per heavy atom. The number of anilines is 1. The zero-order valence-electron chi connectivity index (χ0n) is 13.3. The van der Waals surface area contributed by atoms with Gasteiger partial charge in [0.1, 0.15) is 5.82 Å². The molecule has 6 heteroatoms. The van der Waals surface area contributed by atoms with Crippen molar-refractivity contribution >= 4 is 17.5 Å². The van der Waals surface area contributed by atoms with Gasteiger partial charge in [0.15, 0.2) is 0 Å². The molecular formula is C17H23FN2O3.